The second-order valence-electron chi connectivity index (χ2n) is 8.10. The molecule has 0 amide bonds. The minimum Gasteiger partial charge on any atom is -0.504 e. The lowest BCUT2D eigenvalue weighted by atomic mass is 9.69. The molecule has 1 aromatic carbocycles. The minimum atomic E-state index is -0.992. The number of ether oxygens (including phenoxy) is 4. The normalized spacial score (nSPS) is 22.5. The molecule has 2 N–H and O–H groups in total. The number of aromatic hydroxyl groups is 1. The molecule has 1 aliphatic heterocycles. The third kappa shape index (κ3) is 4.59. The highest BCUT2D eigenvalue weighted by Gasteiger charge is 2.47. The van der Waals surface area contributed by atoms with Crippen LogP contribution in [0.4, 0.5) is 0 Å². The lowest BCUT2D eigenvalue weighted by Gasteiger charge is -2.38. The van der Waals surface area contributed by atoms with Gasteiger partial charge in [0, 0.05) is 30.0 Å². The largest absolute Gasteiger partial charge is 0.504 e. The van der Waals surface area contributed by atoms with Crippen molar-refractivity contribution in [1.82, 2.24) is 5.32 Å². The number of phenolic OH excluding ortho intramolecular Hbond substituents is 1. The number of allylic oxidation sites excluding steroid dienone is 3. The third-order valence-corrected chi connectivity index (χ3v) is 6.02. The van der Waals surface area contributed by atoms with E-state index in [2.05, 4.69) is 5.32 Å². The molecule has 0 saturated carbocycles. The number of dihydropyridines is 1. The highest BCUT2D eigenvalue weighted by molar-refractivity contribution is 6.12. The molecule has 1 heterocycles. The van der Waals surface area contributed by atoms with Crippen molar-refractivity contribution in [3.63, 3.8) is 0 Å². The number of Topliss-reactive ketones (excluding diaryl/α,β-unsaturated/α-hetero) is 1. The van der Waals surface area contributed by atoms with Gasteiger partial charge in [0.15, 0.2) is 17.3 Å². The Morgan fingerprint density at radius 3 is 2.52 bits per heavy atom. The molecule has 0 bridgehead atoms. The van der Waals surface area contributed by atoms with Gasteiger partial charge < -0.3 is 29.4 Å². The molecule has 0 saturated heterocycles. The van der Waals surface area contributed by atoms with E-state index in [1.54, 1.807) is 19.1 Å². The number of esters is 2. The molecule has 0 fully saturated rings. The summed E-state index contributed by atoms with van der Waals surface area (Å²) in [5.74, 6) is -3.67. The van der Waals surface area contributed by atoms with E-state index < -0.39 is 29.6 Å². The zero-order valence-corrected chi connectivity index (χ0v) is 19.4. The van der Waals surface area contributed by atoms with Gasteiger partial charge in [-0.3, -0.25) is 9.59 Å². The molecule has 0 spiro atoms. The Morgan fingerprint density at radius 1 is 1.18 bits per heavy atom. The molecule has 0 aromatic heterocycles. The average molecular weight is 459 g/mol. The van der Waals surface area contributed by atoms with E-state index in [-0.39, 0.29) is 41.8 Å². The van der Waals surface area contributed by atoms with Gasteiger partial charge in [-0.15, -0.1) is 0 Å². The predicted molar refractivity (Wildman–Crippen MR) is 117 cm³/mol. The first-order valence-corrected chi connectivity index (χ1v) is 10.6. The van der Waals surface area contributed by atoms with E-state index in [0.717, 1.165) is 0 Å². The summed E-state index contributed by atoms with van der Waals surface area (Å²) < 4.78 is 20.3. The van der Waals surface area contributed by atoms with Crippen LogP contribution in [0, 0.1) is 11.8 Å². The maximum atomic E-state index is 13.6. The van der Waals surface area contributed by atoms with Gasteiger partial charge in [-0.25, -0.2) is 4.79 Å². The van der Waals surface area contributed by atoms with Gasteiger partial charge in [0.2, 0.25) is 0 Å². The highest BCUT2D eigenvalue weighted by Crippen LogP contribution is 2.46. The fourth-order valence-electron chi connectivity index (χ4n) is 4.47. The number of ketones is 1. The van der Waals surface area contributed by atoms with Crippen molar-refractivity contribution >= 4 is 17.7 Å². The van der Waals surface area contributed by atoms with E-state index in [4.69, 9.17) is 18.9 Å². The van der Waals surface area contributed by atoms with Crippen LogP contribution in [-0.2, 0) is 28.6 Å². The lowest BCUT2D eigenvalue weighted by molar-refractivity contribution is -0.151. The fraction of sp³-hybridized carbons (Fsp3) is 0.458. The monoisotopic (exact) mass is 459 g/mol. The van der Waals surface area contributed by atoms with E-state index in [1.807, 2.05) is 6.92 Å². The Morgan fingerprint density at radius 2 is 1.91 bits per heavy atom. The third-order valence-electron chi connectivity index (χ3n) is 6.02. The molecule has 33 heavy (non-hydrogen) atoms. The molecule has 1 aromatic rings. The van der Waals surface area contributed by atoms with Gasteiger partial charge in [-0.1, -0.05) is 13.0 Å². The van der Waals surface area contributed by atoms with Crippen LogP contribution in [0.2, 0.25) is 0 Å². The number of hydrogen-bond donors (Lipinski definition) is 2. The molecule has 3 unspecified atom stereocenters. The van der Waals surface area contributed by atoms with E-state index in [1.165, 1.54) is 27.4 Å². The van der Waals surface area contributed by atoms with Crippen molar-refractivity contribution < 1.29 is 38.4 Å². The van der Waals surface area contributed by atoms with Crippen LogP contribution in [0.3, 0.4) is 0 Å². The van der Waals surface area contributed by atoms with Crippen molar-refractivity contribution in [1.29, 1.82) is 0 Å². The quantitative estimate of drug-likeness (QED) is 0.359. The number of phenols is 1. The summed E-state index contributed by atoms with van der Waals surface area (Å²) in [6.07, 6.45) is 0.419. The second-order valence-corrected chi connectivity index (χ2v) is 8.10. The first-order valence-electron chi connectivity index (χ1n) is 10.6. The topological polar surface area (TPSA) is 120 Å². The van der Waals surface area contributed by atoms with Gasteiger partial charge >= 0.3 is 11.9 Å². The summed E-state index contributed by atoms with van der Waals surface area (Å²) in [4.78, 5) is 39.2. The van der Waals surface area contributed by atoms with Crippen molar-refractivity contribution in [3.05, 3.63) is 46.3 Å². The molecule has 178 valence electrons. The highest BCUT2D eigenvalue weighted by atomic mass is 16.6. The van der Waals surface area contributed by atoms with Gasteiger partial charge in [-0.05, 0) is 37.0 Å². The minimum absolute atomic E-state index is 0.0361. The number of rotatable bonds is 7. The maximum Gasteiger partial charge on any atom is 0.336 e. The number of benzene rings is 1. The van der Waals surface area contributed by atoms with Crippen LogP contribution in [0.25, 0.3) is 0 Å². The van der Waals surface area contributed by atoms with Crippen molar-refractivity contribution in [3.8, 4) is 11.5 Å². The molecule has 1 aliphatic carbocycles. The van der Waals surface area contributed by atoms with Crippen molar-refractivity contribution in [2.45, 2.75) is 26.2 Å². The van der Waals surface area contributed by atoms with Crippen LogP contribution < -0.4 is 10.1 Å². The molecule has 9 heteroatoms. The van der Waals surface area contributed by atoms with Crippen LogP contribution in [0.15, 0.2) is 40.7 Å². The number of carbonyl (C=O) groups is 3. The number of methoxy groups -OCH3 is 3. The first kappa shape index (κ1) is 24.3. The smallest absolute Gasteiger partial charge is 0.336 e. The Bertz CT molecular complexity index is 1030. The van der Waals surface area contributed by atoms with Gasteiger partial charge in [0.1, 0.15) is 12.5 Å². The Hall–Kier alpha value is -3.33. The summed E-state index contributed by atoms with van der Waals surface area (Å²) in [5.41, 5.74) is 2.18. The Balaban J connectivity index is 2.15. The SMILES string of the molecule is COCCOC(=O)C1=C(C)NC2=C(C(=O)C(C(=O)OC)C(C)C2)C1c1ccc(OC)c(O)c1. The van der Waals surface area contributed by atoms with E-state index in [9.17, 15) is 19.5 Å². The maximum absolute atomic E-state index is 13.6. The molecular weight excluding hydrogens is 430 g/mol. The van der Waals surface area contributed by atoms with Crippen LogP contribution in [0.1, 0.15) is 31.7 Å². The van der Waals surface area contributed by atoms with Gasteiger partial charge in [-0.2, -0.15) is 0 Å². The molecule has 0 radical (unpaired) electrons. The summed E-state index contributed by atoms with van der Waals surface area (Å²) in [6, 6.07) is 4.69. The standard InChI is InChI=1S/C24H29NO8/c1-12-10-15-21(22(27)18(12)23(28)32-5)20(14-6-7-17(31-4)16(26)11-14)19(13(2)25-15)24(29)33-9-8-30-3/h6-7,11-12,18,20,25-26H,8-10H2,1-5H3. The molecular formula is C24H29NO8. The zero-order chi connectivity index (χ0) is 24.3. The molecule has 9 nitrogen and oxygen atoms in total. The average Bonchev–Trinajstić information content (AvgIpc) is 2.77. The fourth-order valence-corrected chi connectivity index (χ4v) is 4.47. The van der Waals surface area contributed by atoms with Gasteiger partial charge in [0.05, 0.1) is 26.4 Å². The molecule has 3 rings (SSSR count). The summed E-state index contributed by atoms with van der Waals surface area (Å²) >= 11 is 0. The van der Waals surface area contributed by atoms with E-state index in [0.29, 0.717) is 23.4 Å². The number of carbonyl (C=O) groups excluding carboxylic acids is 3. The van der Waals surface area contributed by atoms with Crippen LogP contribution in [-0.4, -0.2) is 57.4 Å². The summed E-state index contributed by atoms with van der Waals surface area (Å²) in [7, 11) is 4.16. The molecule has 2 aliphatic rings. The van der Waals surface area contributed by atoms with Gasteiger partial charge in [0.25, 0.3) is 0 Å². The number of nitrogens with one attached hydrogen (secondary N) is 1. The van der Waals surface area contributed by atoms with Crippen molar-refractivity contribution in [2.24, 2.45) is 11.8 Å². The van der Waals surface area contributed by atoms with Crippen LogP contribution >= 0.6 is 0 Å². The Kier molecular flexibility index (Phi) is 7.43. The molecule has 3 atom stereocenters. The second kappa shape index (κ2) is 10.1. The summed E-state index contributed by atoms with van der Waals surface area (Å²) in [6.45, 7) is 3.80. The zero-order valence-electron chi connectivity index (χ0n) is 19.4. The van der Waals surface area contributed by atoms with Crippen molar-refractivity contribution in [2.75, 3.05) is 34.5 Å². The van der Waals surface area contributed by atoms with E-state index >= 15 is 0 Å². The predicted octanol–water partition coefficient (Wildman–Crippen LogP) is 2.20. The number of hydrogen-bond acceptors (Lipinski definition) is 9. The lowest BCUT2D eigenvalue weighted by Crippen LogP contribution is -2.43. The van der Waals surface area contributed by atoms with Crippen LogP contribution in [0.5, 0.6) is 11.5 Å². The Labute approximate surface area is 192 Å². The first-order chi connectivity index (χ1) is 15.7. The summed E-state index contributed by atoms with van der Waals surface area (Å²) in [5, 5.41) is 13.6.